The summed E-state index contributed by atoms with van der Waals surface area (Å²) in [6.45, 7) is 0. The molecular weight excluding hydrogens is 234 g/mol. The zero-order valence-corrected chi connectivity index (χ0v) is 8.25. The van der Waals surface area contributed by atoms with E-state index in [1.54, 1.807) is 0 Å². The van der Waals surface area contributed by atoms with Gasteiger partial charge < -0.3 is 10.2 Å². The van der Waals surface area contributed by atoms with Crippen LogP contribution in [-0.4, -0.2) is 11.3 Å². The predicted molar refractivity (Wildman–Crippen MR) is 50.2 cm³/mol. The SMILES string of the molecule is Cl.N[C@H](CC(F)F)c1ccc([N+](=O)[O-])o1. The number of nitro groups is 1. The van der Waals surface area contributed by atoms with Gasteiger partial charge in [-0.2, -0.15) is 0 Å². The molecule has 0 amide bonds. The number of nitrogens with two attached hydrogens (primary N) is 1. The Morgan fingerprint density at radius 1 is 1.53 bits per heavy atom. The molecule has 5 nitrogen and oxygen atoms in total. The van der Waals surface area contributed by atoms with Crippen molar-refractivity contribution in [3.8, 4) is 0 Å². The van der Waals surface area contributed by atoms with E-state index >= 15 is 0 Å². The van der Waals surface area contributed by atoms with E-state index in [1.165, 1.54) is 6.07 Å². The number of hydrogen-bond donors (Lipinski definition) is 1. The summed E-state index contributed by atoms with van der Waals surface area (Å²) in [5.41, 5.74) is 5.31. The highest BCUT2D eigenvalue weighted by Crippen LogP contribution is 2.23. The van der Waals surface area contributed by atoms with Gasteiger partial charge in [-0.25, -0.2) is 8.78 Å². The number of halogens is 3. The standard InChI is InChI=1S/C7H8F2N2O3.ClH/c8-6(9)3-4(10)5-1-2-7(14-5)11(12)13;/h1-2,4,6H,3,10H2;1H/t4-;/m1./s1. The van der Waals surface area contributed by atoms with Crippen molar-refractivity contribution < 1.29 is 18.1 Å². The van der Waals surface area contributed by atoms with Crippen LogP contribution < -0.4 is 5.73 Å². The zero-order chi connectivity index (χ0) is 10.7. The Kier molecular flexibility index (Phi) is 5.16. The van der Waals surface area contributed by atoms with E-state index < -0.39 is 29.7 Å². The van der Waals surface area contributed by atoms with Crippen LogP contribution in [0.1, 0.15) is 18.2 Å². The summed E-state index contributed by atoms with van der Waals surface area (Å²) in [5, 5.41) is 10.2. The summed E-state index contributed by atoms with van der Waals surface area (Å²) < 4.78 is 28.4. The Morgan fingerprint density at radius 3 is 2.53 bits per heavy atom. The van der Waals surface area contributed by atoms with Crippen molar-refractivity contribution in [2.75, 3.05) is 0 Å². The van der Waals surface area contributed by atoms with E-state index in [9.17, 15) is 18.9 Å². The lowest BCUT2D eigenvalue weighted by atomic mass is 10.2. The molecule has 0 saturated heterocycles. The molecule has 0 spiro atoms. The van der Waals surface area contributed by atoms with Crippen LogP contribution in [0.5, 0.6) is 0 Å². The van der Waals surface area contributed by atoms with Crippen LogP contribution in [0.3, 0.4) is 0 Å². The molecule has 0 bridgehead atoms. The Balaban J connectivity index is 0.00000196. The van der Waals surface area contributed by atoms with Crippen LogP contribution in [0.4, 0.5) is 14.7 Å². The van der Waals surface area contributed by atoms with Crippen LogP contribution >= 0.6 is 12.4 Å². The fourth-order valence-electron chi connectivity index (χ4n) is 0.948. The molecule has 0 aliphatic carbocycles. The first-order valence-electron chi connectivity index (χ1n) is 3.78. The van der Waals surface area contributed by atoms with Crippen molar-refractivity contribution in [1.29, 1.82) is 0 Å². The van der Waals surface area contributed by atoms with Crippen LogP contribution in [-0.2, 0) is 0 Å². The number of hydrogen-bond acceptors (Lipinski definition) is 4. The summed E-state index contributed by atoms with van der Waals surface area (Å²) in [7, 11) is 0. The van der Waals surface area contributed by atoms with Crippen molar-refractivity contribution in [3.63, 3.8) is 0 Å². The molecule has 1 aromatic heterocycles. The average Bonchev–Trinajstić information content (AvgIpc) is 2.50. The minimum Gasteiger partial charge on any atom is -0.404 e. The van der Waals surface area contributed by atoms with Crippen LogP contribution in [0.25, 0.3) is 0 Å². The van der Waals surface area contributed by atoms with Crippen molar-refractivity contribution in [1.82, 2.24) is 0 Å². The van der Waals surface area contributed by atoms with Gasteiger partial charge in [0.1, 0.15) is 10.7 Å². The van der Waals surface area contributed by atoms with Gasteiger partial charge in [-0.3, -0.25) is 10.1 Å². The van der Waals surface area contributed by atoms with Gasteiger partial charge >= 0.3 is 5.88 Å². The van der Waals surface area contributed by atoms with Gasteiger partial charge in [0.25, 0.3) is 0 Å². The molecule has 0 aliphatic heterocycles. The fourth-order valence-corrected chi connectivity index (χ4v) is 0.948. The molecule has 1 aromatic rings. The van der Waals surface area contributed by atoms with Gasteiger partial charge in [-0.15, -0.1) is 12.4 Å². The first-order chi connectivity index (χ1) is 6.50. The van der Waals surface area contributed by atoms with Gasteiger partial charge in [0.2, 0.25) is 6.43 Å². The molecule has 1 rings (SSSR count). The maximum atomic E-state index is 11.9. The maximum absolute atomic E-state index is 11.9. The first kappa shape index (κ1) is 13.8. The second-order valence-electron chi connectivity index (χ2n) is 2.67. The summed E-state index contributed by atoms with van der Waals surface area (Å²) in [6.07, 6.45) is -3.14. The number of alkyl halides is 2. The lowest BCUT2D eigenvalue weighted by Gasteiger charge is -2.05. The highest BCUT2D eigenvalue weighted by atomic mass is 35.5. The number of nitrogens with zero attached hydrogens (tertiary/aromatic N) is 1. The Morgan fingerprint density at radius 2 is 2.13 bits per heavy atom. The number of furan rings is 1. The molecular formula is C7H9ClF2N2O3. The van der Waals surface area contributed by atoms with Crippen molar-refractivity contribution in [2.24, 2.45) is 5.73 Å². The van der Waals surface area contributed by atoms with Crippen molar-refractivity contribution >= 4 is 18.3 Å². The Bertz CT molecular complexity index is 332. The van der Waals surface area contributed by atoms with Crippen molar-refractivity contribution in [3.05, 3.63) is 28.0 Å². The zero-order valence-electron chi connectivity index (χ0n) is 7.43. The van der Waals surface area contributed by atoms with Crippen LogP contribution in [0, 0.1) is 10.1 Å². The molecule has 1 heterocycles. The van der Waals surface area contributed by atoms with Gasteiger partial charge in [0.05, 0.1) is 12.1 Å². The van der Waals surface area contributed by atoms with Crippen LogP contribution in [0.2, 0.25) is 0 Å². The lowest BCUT2D eigenvalue weighted by Crippen LogP contribution is -2.12. The highest BCUT2D eigenvalue weighted by Gasteiger charge is 2.19. The average molecular weight is 243 g/mol. The largest absolute Gasteiger partial charge is 0.433 e. The van der Waals surface area contributed by atoms with Crippen LogP contribution in [0.15, 0.2) is 16.5 Å². The number of rotatable bonds is 4. The van der Waals surface area contributed by atoms with Gasteiger partial charge in [0, 0.05) is 6.42 Å². The molecule has 0 aliphatic rings. The molecule has 0 aromatic carbocycles. The quantitative estimate of drug-likeness (QED) is 0.648. The predicted octanol–water partition coefficient (Wildman–Crippen LogP) is 2.26. The van der Waals surface area contributed by atoms with E-state index in [4.69, 9.17) is 5.73 Å². The normalized spacial score (nSPS) is 12.3. The molecule has 15 heavy (non-hydrogen) atoms. The molecule has 0 unspecified atom stereocenters. The van der Waals surface area contributed by atoms with E-state index in [1.807, 2.05) is 0 Å². The minimum absolute atomic E-state index is 0. The molecule has 1 atom stereocenters. The van der Waals surface area contributed by atoms with Gasteiger partial charge in [0.15, 0.2) is 0 Å². The third-order valence-corrected chi connectivity index (χ3v) is 1.59. The smallest absolute Gasteiger partial charge is 0.404 e. The topological polar surface area (TPSA) is 82.3 Å². The third kappa shape index (κ3) is 3.80. The summed E-state index contributed by atoms with van der Waals surface area (Å²) in [6, 6.07) is 1.30. The summed E-state index contributed by atoms with van der Waals surface area (Å²) in [5.74, 6) is -0.498. The molecule has 86 valence electrons. The van der Waals surface area contributed by atoms with E-state index in [0.717, 1.165) is 6.07 Å². The lowest BCUT2D eigenvalue weighted by molar-refractivity contribution is -0.402. The monoisotopic (exact) mass is 242 g/mol. The molecule has 0 fully saturated rings. The van der Waals surface area contributed by atoms with E-state index in [0.29, 0.717) is 0 Å². The Labute approximate surface area is 89.8 Å². The molecule has 0 saturated carbocycles. The second kappa shape index (κ2) is 5.62. The van der Waals surface area contributed by atoms with E-state index in [2.05, 4.69) is 4.42 Å². The fraction of sp³-hybridized carbons (Fsp3) is 0.429. The first-order valence-corrected chi connectivity index (χ1v) is 3.78. The van der Waals surface area contributed by atoms with Gasteiger partial charge in [-0.05, 0) is 6.07 Å². The Hall–Kier alpha value is -1.21. The summed E-state index contributed by atoms with van der Waals surface area (Å²) >= 11 is 0. The second-order valence-corrected chi connectivity index (χ2v) is 2.67. The van der Waals surface area contributed by atoms with Gasteiger partial charge in [-0.1, -0.05) is 0 Å². The summed E-state index contributed by atoms with van der Waals surface area (Å²) in [4.78, 5) is 9.43. The maximum Gasteiger partial charge on any atom is 0.433 e. The molecule has 8 heteroatoms. The molecule has 0 radical (unpaired) electrons. The highest BCUT2D eigenvalue weighted by molar-refractivity contribution is 5.85. The minimum atomic E-state index is -2.56. The van der Waals surface area contributed by atoms with E-state index in [-0.39, 0.29) is 18.2 Å². The molecule has 2 N–H and O–H groups in total. The third-order valence-electron chi connectivity index (χ3n) is 1.59. The van der Waals surface area contributed by atoms with Crippen molar-refractivity contribution in [2.45, 2.75) is 18.9 Å².